The third kappa shape index (κ3) is 6.66. The van der Waals surface area contributed by atoms with Crippen LogP contribution in [0.4, 0.5) is 4.79 Å². The maximum absolute atomic E-state index is 11.8. The maximum Gasteiger partial charge on any atom is 0.407 e. The van der Waals surface area contributed by atoms with Crippen molar-refractivity contribution in [2.45, 2.75) is 38.8 Å². The Bertz CT molecular complexity index is 476. The summed E-state index contributed by atoms with van der Waals surface area (Å²) in [7, 11) is 0. The summed E-state index contributed by atoms with van der Waals surface area (Å²) in [5.74, 6) is 0. The van der Waals surface area contributed by atoms with E-state index in [2.05, 4.69) is 15.3 Å². The predicted molar refractivity (Wildman–Crippen MR) is 77.3 cm³/mol. The van der Waals surface area contributed by atoms with E-state index in [0.29, 0.717) is 6.42 Å². The fourth-order valence-corrected chi connectivity index (χ4v) is 1.64. The van der Waals surface area contributed by atoms with Gasteiger partial charge in [0.15, 0.2) is 0 Å². The first kappa shape index (κ1) is 15.9. The van der Waals surface area contributed by atoms with E-state index in [4.69, 9.17) is 10.3 Å². The van der Waals surface area contributed by atoms with E-state index >= 15 is 0 Å². The molecule has 6 heteroatoms. The molecule has 1 rings (SSSR count). The van der Waals surface area contributed by atoms with Crippen LogP contribution in [0.15, 0.2) is 35.4 Å². The number of ether oxygens (including phenoxy) is 1. The third-order valence-corrected chi connectivity index (χ3v) is 2.41. The quantitative estimate of drug-likeness (QED) is 0.507. The van der Waals surface area contributed by atoms with E-state index in [1.165, 1.54) is 0 Å². The lowest BCUT2D eigenvalue weighted by Gasteiger charge is -2.23. The lowest BCUT2D eigenvalue weighted by Crippen LogP contribution is -2.43. The van der Waals surface area contributed by atoms with Crippen molar-refractivity contribution in [3.8, 4) is 0 Å². The summed E-state index contributed by atoms with van der Waals surface area (Å²) >= 11 is 0. The van der Waals surface area contributed by atoms with Gasteiger partial charge < -0.3 is 10.1 Å². The largest absolute Gasteiger partial charge is 0.446 e. The highest BCUT2D eigenvalue weighted by molar-refractivity contribution is 5.68. The average Bonchev–Trinajstić information content (AvgIpc) is 2.35. The van der Waals surface area contributed by atoms with Crippen molar-refractivity contribution in [1.29, 1.82) is 0 Å². The van der Waals surface area contributed by atoms with Gasteiger partial charge in [0.25, 0.3) is 0 Å². The topological polar surface area (TPSA) is 87.1 Å². The van der Waals surface area contributed by atoms with E-state index < -0.39 is 12.2 Å². The van der Waals surface area contributed by atoms with Crippen LogP contribution in [-0.4, -0.2) is 24.3 Å². The first-order chi connectivity index (χ1) is 9.40. The van der Waals surface area contributed by atoms with Crippen molar-refractivity contribution in [1.82, 2.24) is 5.32 Å². The molecule has 1 atom stereocenters. The summed E-state index contributed by atoms with van der Waals surface area (Å²) in [6.07, 6.45) is -0.473. The Morgan fingerprint density at radius 2 is 2.05 bits per heavy atom. The van der Waals surface area contributed by atoms with Crippen molar-refractivity contribution in [2.24, 2.45) is 5.11 Å². The highest BCUT2D eigenvalue weighted by Gasteiger charge is 2.19. The maximum atomic E-state index is 11.8. The van der Waals surface area contributed by atoms with E-state index in [0.717, 1.165) is 5.56 Å². The lowest BCUT2D eigenvalue weighted by molar-refractivity contribution is 0.0951. The van der Waals surface area contributed by atoms with E-state index in [1.54, 1.807) is 0 Å². The molecular formula is C14H20N4O2. The zero-order valence-corrected chi connectivity index (χ0v) is 12.0. The molecule has 20 heavy (non-hydrogen) atoms. The van der Waals surface area contributed by atoms with E-state index in [9.17, 15) is 4.79 Å². The molecule has 108 valence electrons. The van der Waals surface area contributed by atoms with Gasteiger partial charge in [-0.3, -0.25) is 0 Å². The summed E-state index contributed by atoms with van der Waals surface area (Å²) in [4.78, 5) is 14.5. The van der Waals surface area contributed by atoms with E-state index in [-0.39, 0.29) is 12.1 Å². The van der Waals surface area contributed by atoms with Crippen molar-refractivity contribution in [2.75, 3.05) is 6.54 Å². The lowest BCUT2D eigenvalue weighted by atomic mass is 10.1. The Morgan fingerprint density at radius 3 is 2.60 bits per heavy atom. The molecule has 1 aromatic rings. The minimum Gasteiger partial charge on any atom is -0.446 e. The molecule has 0 bridgehead atoms. The van der Waals surface area contributed by atoms with Gasteiger partial charge in [-0.2, -0.15) is 0 Å². The fourth-order valence-electron chi connectivity index (χ4n) is 1.64. The SMILES string of the molecule is CC(C)(C)NC(=O)O[C@H](CN=[N+]=[N-])Cc1ccccc1. The zero-order valence-electron chi connectivity index (χ0n) is 12.0. The van der Waals surface area contributed by atoms with Gasteiger partial charge in [-0.05, 0) is 31.9 Å². The minimum atomic E-state index is -0.508. The molecule has 6 nitrogen and oxygen atoms in total. The predicted octanol–water partition coefficient (Wildman–Crippen LogP) is 3.43. The Kier molecular flexibility index (Phi) is 5.87. The molecule has 0 aliphatic rings. The van der Waals surface area contributed by atoms with Crippen molar-refractivity contribution in [3.63, 3.8) is 0 Å². The molecule has 0 heterocycles. The second-order valence-electron chi connectivity index (χ2n) is 5.51. The van der Waals surface area contributed by atoms with Gasteiger partial charge in [-0.25, -0.2) is 4.79 Å². The molecule has 0 saturated carbocycles. The van der Waals surface area contributed by atoms with Crippen LogP contribution in [0.2, 0.25) is 0 Å². The van der Waals surface area contributed by atoms with Crippen LogP contribution in [0.3, 0.4) is 0 Å². The van der Waals surface area contributed by atoms with Crippen LogP contribution in [0.5, 0.6) is 0 Å². The summed E-state index contributed by atoms with van der Waals surface area (Å²) in [6, 6.07) is 9.62. The highest BCUT2D eigenvalue weighted by atomic mass is 16.6. The minimum absolute atomic E-state index is 0.114. The van der Waals surface area contributed by atoms with Gasteiger partial charge in [0.1, 0.15) is 6.10 Å². The van der Waals surface area contributed by atoms with Crippen LogP contribution in [0.1, 0.15) is 26.3 Å². The molecule has 1 aromatic carbocycles. The Labute approximate surface area is 118 Å². The van der Waals surface area contributed by atoms with E-state index in [1.807, 2.05) is 51.1 Å². The van der Waals surface area contributed by atoms with Crippen LogP contribution in [0, 0.1) is 0 Å². The smallest absolute Gasteiger partial charge is 0.407 e. The first-order valence-corrected chi connectivity index (χ1v) is 6.44. The number of hydrogen-bond acceptors (Lipinski definition) is 3. The van der Waals surface area contributed by atoms with Gasteiger partial charge in [0.05, 0.1) is 6.54 Å². The van der Waals surface area contributed by atoms with Gasteiger partial charge >= 0.3 is 6.09 Å². The molecule has 1 amide bonds. The molecule has 0 aliphatic heterocycles. The van der Waals surface area contributed by atoms with Gasteiger partial charge in [0, 0.05) is 16.9 Å². The number of alkyl carbamates (subject to hydrolysis) is 1. The number of rotatable bonds is 5. The van der Waals surface area contributed by atoms with Crippen molar-refractivity contribution >= 4 is 6.09 Å². The number of amides is 1. The normalized spacial score (nSPS) is 12.2. The standard InChI is InChI=1S/C14H20N4O2/c1-14(2,3)17-13(19)20-12(10-16-18-15)9-11-7-5-4-6-8-11/h4-8,12H,9-10H2,1-3H3,(H,17,19)/t12-/m0/s1. The molecule has 0 unspecified atom stereocenters. The summed E-state index contributed by atoms with van der Waals surface area (Å²) in [5, 5.41) is 6.21. The first-order valence-electron chi connectivity index (χ1n) is 6.44. The summed E-state index contributed by atoms with van der Waals surface area (Å²) in [6.45, 7) is 5.72. The number of azide groups is 1. The van der Waals surface area contributed by atoms with Gasteiger partial charge in [-0.15, -0.1) is 0 Å². The number of nitrogens with one attached hydrogen (secondary N) is 1. The van der Waals surface area contributed by atoms with Crippen molar-refractivity contribution in [3.05, 3.63) is 46.3 Å². The number of nitrogens with zero attached hydrogens (tertiary/aromatic N) is 3. The highest BCUT2D eigenvalue weighted by Crippen LogP contribution is 2.08. The number of hydrogen-bond donors (Lipinski definition) is 1. The molecule has 0 spiro atoms. The Balaban J connectivity index is 2.64. The second-order valence-corrected chi connectivity index (χ2v) is 5.51. The molecule has 1 N–H and O–H groups in total. The summed E-state index contributed by atoms with van der Waals surface area (Å²) in [5.41, 5.74) is 9.06. The Morgan fingerprint density at radius 1 is 1.40 bits per heavy atom. The van der Waals surface area contributed by atoms with Gasteiger partial charge in [0.2, 0.25) is 0 Å². The number of carbonyl (C=O) groups excluding carboxylic acids is 1. The summed E-state index contributed by atoms with van der Waals surface area (Å²) < 4.78 is 5.32. The molecule has 0 aliphatic carbocycles. The molecule has 0 fully saturated rings. The fraction of sp³-hybridized carbons (Fsp3) is 0.500. The second kappa shape index (κ2) is 7.40. The third-order valence-electron chi connectivity index (χ3n) is 2.41. The van der Waals surface area contributed by atoms with Crippen LogP contribution in [0.25, 0.3) is 10.4 Å². The molecule has 0 aromatic heterocycles. The number of carbonyl (C=O) groups is 1. The molecular weight excluding hydrogens is 256 g/mol. The Hall–Kier alpha value is -2.20. The monoisotopic (exact) mass is 276 g/mol. The van der Waals surface area contributed by atoms with Crippen LogP contribution >= 0.6 is 0 Å². The van der Waals surface area contributed by atoms with Crippen LogP contribution in [-0.2, 0) is 11.2 Å². The average molecular weight is 276 g/mol. The van der Waals surface area contributed by atoms with Crippen LogP contribution < -0.4 is 5.32 Å². The molecule has 0 radical (unpaired) electrons. The van der Waals surface area contributed by atoms with Crippen molar-refractivity contribution < 1.29 is 9.53 Å². The zero-order chi connectivity index (χ0) is 15.0. The molecule has 0 saturated heterocycles. The number of benzene rings is 1. The van der Waals surface area contributed by atoms with Gasteiger partial charge in [-0.1, -0.05) is 35.4 Å².